The lowest BCUT2D eigenvalue weighted by Crippen LogP contribution is -2.19. The Balaban J connectivity index is 1.54. The van der Waals surface area contributed by atoms with Gasteiger partial charge in [-0.3, -0.25) is 9.97 Å². The Labute approximate surface area is 147 Å². The lowest BCUT2D eigenvalue weighted by atomic mass is 10.3. The molecule has 1 saturated heterocycles. The van der Waals surface area contributed by atoms with Crippen LogP contribution in [0.1, 0.15) is 18.5 Å². The van der Waals surface area contributed by atoms with E-state index in [-0.39, 0.29) is 0 Å². The molecule has 8 heteroatoms. The van der Waals surface area contributed by atoms with Crippen molar-refractivity contribution in [1.29, 1.82) is 0 Å². The lowest BCUT2D eigenvalue weighted by molar-refractivity contribution is 0.638. The van der Waals surface area contributed by atoms with Crippen molar-refractivity contribution in [3.63, 3.8) is 0 Å². The highest BCUT2D eigenvalue weighted by Gasteiger charge is 2.15. The quantitative estimate of drug-likeness (QED) is 0.686. The Morgan fingerprint density at radius 3 is 2.71 bits per heavy atom. The molecule has 7 nitrogen and oxygen atoms in total. The van der Waals surface area contributed by atoms with Gasteiger partial charge < -0.3 is 4.90 Å². The summed E-state index contributed by atoms with van der Waals surface area (Å²) < 4.78 is 2.72. The van der Waals surface area contributed by atoms with Crippen molar-refractivity contribution in [3.05, 3.63) is 47.1 Å². The molecule has 3 aromatic rings. The van der Waals surface area contributed by atoms with Gasteiger partial charge in [0.15, 0.2) is 0 Å². The van der Waals surface area contributed by atoms with Gasteiger partial charge in [0, 0.05) is 23.8 Å². The molecular formula is C16H16BrN7. The van der Waals surface area contributed by atoms with Crippen molar-refractivity contribution < 1.29 is 0 Å². The number of halogens is 1. The number of hydrogen-bond donors (Lipinski definition) is 0. The minimum Gasteiger partial charge on any atom is -0.355 e. The van der Waals surface area contributed by atoms with Crippen LogP contribution in [-0.2, 0) is 6.54 Å². The van der Waals surface area contributed by atoms with Crippen LogP contribution in [-0.4, -0.2) is 43.0 Å². The van der Waals surface area contributed by atoms with Crippen LogP contribution in [0.25, 0.3) is 11.4 Å². The fraction of sp³-hybridized carbons (Fsp3) is 0.312. The summed E-state index contributed by atoms with van der Waals surface area (Å²) in [6, 6.07) is 3.92. The maximum Gasteiger partial charge on any atom is 0.147 e. The van der Waals surface area contributed by atoms with Crippen molar-refractivity contribution in [2.45, 2.75) is 19.4 Å². The van der Waals surface area contributed by atoms with E-state index < -0.39 is 0 Å². The fourth-order valence-corrected chi connectivity index (χ4v) is 2.97. The van der Waals surface area contributed by atoms with E-state index in [1.54, 1.807) is 17.1 Å². The smallest absolute Gasteiger partial charge is 0.147 e. The molecule has 1 aliphatic rings. The third-order valence-electron chi connectivity index (χ3n) is 3.97. The lowest BCUT2D eigenvalue weighted by Gasteiger charge is -2.15. The molecule has 0 aromatic carbocycles. The van der Waals surface area contributed by atoms with E-state index in [2.05, 4.69) is 46.1 Å². The van der Waals surface area contributed by atoms with Crippen LogP contribution in [0.3, 0.4) is 0 Å². The average molecular weight is 386 g/mol. The fourth-order valence-electron chi connectivity index (χ4n) is 2.74. The van der Waals surface area contributed by atoms with Crippen LogP contribution >= 0.6 is 15.9 Å². The predicted molar refractivity (Wildman–Crippen MR) is 93.5 cm³/mol. The van der Waals surface area contributed by atoms with E-state index in [1.807, 2.05) is 24.5 Å². The summed E-state index contributed by atoms with van der Waals surface area (Å²) in [4.78, 5) is 15.6. The molecule has 0 aliphatic carbocycles. The number of hydrogen-bond acceptors (Lipinski definition) is 6. The van der Waals surface area contributed by atoms with Crippen molar-refractivity contribution in [3.8, 4) is 11.4 Å². The molecule has 0 unspecified atom stereocenters. The minimum absolute atomic E-state index is 0.569. The van der Waals surface area contributed by atoms with E-state index in [0.29, 0.717) is 6.54 Å². The number of nitrogens with zero attached hydrogens (tertiary/aromatic N) is 7. The summed E-state index contributed by atoms with van der Waals surface area (Å²) in [6.07, 6.45) is 9.61. The topological polar surface area (TPSA) is 72.6 Å². The van der Waals surface area contributed by atoms with Crippen LogP contribution in [0, 0.1) is 0 Å². The number of rotatable bonds is 4. The average Bonchev–Trinajstić information content (AvgIpc) is 3.29. The second-order valence-corrected chi connectivity index (χ2v) is 6.64. The Kier molecular flexibility index (Phi) is 4.20. The molecule has 4 rings (SSSR count). The Hall–Kier alpha value is -2.35. The maximum atomic E-state index is 4.68. The zero-order valence-electron chi connectivity index (χ0n) is 13.0. The zero-order chi connectivity index (χ0) is 16.4. The molecule has 0 saturated carbocycles. The first-order valence-electron chi connectivity index (χ1n) is 7.86. The Morgan fingerprint density at radius 2 is 1.92 bits per heavy atom. The van der Waals surface area contributed by atoms with Crippen molar-refractivity contribution >= 4 is 21.7 Å². The molecule has 24 heavy (non-hydrogen) atoms. The predicted octanol–water partition coefficient (Wildman–Crippen LogP) is 2.54. The van der Waals surface area contributed by atoms with E-state index in [1.165, 1.54) is 12.8 Å². The number of aromatic nitrogens is 6. The molecule has 0 atom stereocenters. The van der Waals surface area contributed by atoms with E-state index in [0.717, 1.165) is 40.5 Å². The van der Waals surface area contributed by atoms with Crippen molar-refractivity contribution in [2.75, 3.05) is 18.0 Å². The first-order valence-corrected chi connectivity index (χ1v) is 8.65. The third-order valence-corrected chi connectivity index (χ3v) is 4.43. The molecule has 1 fully saturated rings. The van der Waals surface area contributed by atoms with Gasteiger partial charge in [-0.25, -0.2) is 9.67 Å². The van der Waals surface area contributed by atoms with Crippen molar-refractivity contribution in [1.82, 2.24) is 29.9 Å². The summed E-state index contributed by atoms with van der Waals surface area (Å²) in [5, 5.41) is 8.39. The largest absolute Gasteiger partial charge is 0.355 e. The van der Waals surface area contributed by atoms with Gasteiger partial charge in [0.05, 0.1) is 30.8 Å². The van der Waals surface area contributed by atoms with Gasteiger partial charge >= 0.3 is 0 Å². The number of anilines is 1. The van der Waals surface area contributed by atoms with E-state index in [9.17, 15) is 0 Å². The molecule has 1 aliphatic heterocycles. The normalized spacial score (nSPS) is 14.3. The van der Waals surface area contributed by atoms with Gasteiger partial charge in [-0.1, -0.05) is 5.21 Å². The maximum absolute atomic E-state index is 4.68. The summed E-state index contributed by atoms with van der Waals surface area (Å²) in [6.45, 7) is 2.65. The molecule has 0 bridgehead atoms. The minimum atomic E-state index is 0.569. The summed E-state index contributed by atoms with van der Waals surface area (Å²) >= 11 is 3.38. The highest BCUT2D eigenvalue weighted by Crippen LogP contribution is 2.20. The van der Waals surface area contributed by atoms with Gasteiger partial charge in [0.1, 0.15) is 17.2 Å². The molecule has 122 valence electrons. The number of pyridine rings is 1. The van der Waals surface area contributed by atoms with Crippen LogP contribution in [0.5, 0.6) is 0 Å². The SMILES string of the molecule is Brc1ccc(Cn2cc(-c3cncc(N4CCCC4)n3)nn2)nc1. The molecular weight excluding hydrogens is 370 g/mol. The zero-order valence-corrected chi connectivity index (χ0v) is 14.6. The van der Waals surface area contributed by atoms with Crippen LogP contribution in [0.4, 0.5) is 5.82 Å². The Bertz CT molecular complexity index is 824. The molecule has 3 aromatic heterocycles. The first kappa shape index (κ1) is 15.2. The molecule has 0 radical (unpaired) electrons. The van der Waals surface area contributed by atoms with Gasteiger partial charge in [-0.15, -0.1) is 5.10 Å². The first-order chi connectivity index (χ1) is 11.8. The second kappa shape index (κ2) is 6.64. The standard InChI is InChI=1S/C16H16BrN7/c17-12-3-4-13(19-7-12)10-24-11-15(21-22-24)14-8-18-9-16(20-14)23-5-1-2-6-23/h3-4,7-9,11H,1-2,5-6,10H2. The van der Waals surface area contributed by atoms with Gasteiger partial charge in [0.2, 0.25) is 0 Å². The summed E-state index contributed by atoms with van der Waals surface area (Å²) in [5.74, 6) is 0.911. The second-order valence-electron chi connectivity index (χ2n) is 5.73. The van der Waals surface area contributed by atoms with Crippen LogP contribution in [0.15, 0.2) is 41.4 Å². The van der Waals surface area contributed by atoms with Gasteiger partial charge in [-0.2, -0.15) is 0 Å². The van der Waals surface area contributed by atoms with Crippen molar-refractivity contribution in [2.24, 2.45) is 0 Å². The Morgan fingerprint density at radius 1 is 1.04 bits per heavy atom. The monoisotopic (exact) mass is 385 g/mol. The highest BCUT2D eigenvalue weighted by molar-refractivity contribution is 9.10. The molecule has 0 spiro atoms. The summed E-state index contributed by atoms with van der Waals surface area (Å²) in [5.41, 5.74) is 2.39. The third kappa shape index (κ3) is 3.28. The molecule has 0 N–H and O–H groups in total. The van der Waals surface area contributed by atoms with Crippen LogP contribution < -0.4 is 4.90 Å². The van der Waals surface area contributed by atoms with Gasteiger partial charge in [0.25, 0.3) is 0 Å². The molecule has 4 heterocycles. The van der Waals surface area contributed by atoms with Gasteiger partial charge in [-0.05, 0) is 40.9 Å². The molecule has 0 amide bonds. The van der Waals surface area contributed by atoms with E-state index >= 15 is 0 Å². The van der Waals surface area contributed by atoms with E-state index in [4.69, 9.17) is 0 Å². The highest BCUT2D eigenvalue weighted by atomic mass is 79.9. The van der Waals surface area contributed by atoms with Crippen LogP contribution in [0.2, 0.25) is 0 Å². The summed E-state index contributed by atoms with van der Waals surface area (Å²) in [7, 11) is 0.